The SMILES string of the molecule is CS(=O)(=O)C1CCCC(S(=O)c2cc(F)ccc2N)C1. The van der Waals surface area contributed by atoms with Gasteiger partial charge in [0.15, 0.2) is 0 Å². The molecule has 1 aromatic carbocycles. The topological polar surface area (TPSA) is 77.2 Å². The number of nitrogen functional groups attached to an aromatic ring is 1. The number of halogens is 1. The molecule has 0 spiro atoms. The smallest absolute Gasteiger partial charge is 0.150 e. The maximum Gasteiger partial charge on any atom is 0.150 e. The molecule has 0 radical (unpaired) electrons. The third-order valence-electron chi connectivity index (χ3n) is 3.68. The van der Waals surface area contributed by atoms with Crippen molar-refractivity contribution in [3.05, 3.63) is 24.0 Å². The Labute approximate surface area is 120 Å². The van der Waals surface area contributed by atoms with Crippen molar-refractivity contribution in [1.82, 2.24) is 0 Å². The van der Waals surface area contributed by atoms with Crippen LogP contribution in [-0.4, -0.2) is 29.4 Å². The number of benzene rings is 1. The molecule has 0 bridgehead atoms. The van der Waals surface area contributed by atoms with Gasteiger partial charge in [-0.2, -0.15) is 0 Å². The fourth-order valence-electron chi connectivity index (χ4n) is 2.55. The molecule has 0 aliphatic heterocycles. The van der Waals surface area contributed by atoms with Crippen LogP contribution in [0.2, 0.25) is 0 Å². The molecule has 1 saturated carbocycles. The summed E-state index contributed by atoms with van der Waals surface area (Å²) in [6.07, 6.45) is 3.55. The van der Waals surface area contributed by atoms with Crippen molar-refractivity contribution in [2.24, 2.45) is 0 Å². The van der Waals surface area contributed by atoms with Gasteiger partial charge in [0.2, 0.25) is 0 Å². The molecule has 0 heterocycles. The molecule has 2 rings (SSSR count). The average Bonchev–Trinajstić information content (AvgIpc) is 2.40. The Bertz CT molecular complexity index is 631. The molecule has 1 aliphatic rings. The molecule has 1 aromatic rings. The van der Waals surface area contributed by atoms with Gasteiger partial charge in [-0.25, -0.2) is 12.8 Å². The lowest BCUT2D eigenvalue weighted by molar-refractivity contribution is 0.487. The van der Waals surface area contributed by atoms with Gasteiger partial charge in [-0.1, -0.05) is 6.42 Å². The van der Waals surface area contributed by atoms with Crippen molar-refractivity contribution < 1.29 is 17.0 Å². The second-order valence-corrected chi connectivity index (χ2v) is 9.25. The Morgan fingerprint density at radius 3 is 2.70 bits per heavy atom. The molecule has 3 atom stereocenters. The van der Waals surface area contributed by atoms with Crippen LogP contribution in [0.3, 0.4) is 0 Å². The van der Waals surface area contributed by atoms with E-state index < -0.39 is 31.7 Å². The summed E-state index contributed by atoms with van der Waals surface area (Å²) in [5, 5.41) is -0.743. The zero-order valence-corrected chi connectivity index (χ0v) is 12.8. The number of anilines is 1. The minimum atomic E-state index is -3.13. The molecular weight excluding hydrogens is 301 g/mol. The molecule has 1 fully saturated rings. The van der Waals surface area contributed by atoms with E-state index in [-0.39, 0.29) is 15.8 Å². The Hall–Kier alpha value is -0.950. The molecule has 3 unspecified atom stereocenters. The van der Waals surface area contributed by atoms with E-state index in [1.807, 2.05) is 0 Å². The highest BCUT2D eigenvalue weighted by Gasteiger charge is 2.32. The van der Waals surface area contributed by atoms with Gasteiger partial charge < -0.3 is 5.73 Å². The van der Waals surface area contributed by atoms with Crippen LogP contribution in [0.25, 0.3) is 0 Å². The zero-order valence-electron chi connectivity index (χ0n) is 11.2. The van der Waals surface area contributed by atoms with Gasteiger partial charge in [-0.05, 0) is 37.5 Å². The highest BCUT2D eigenvalue weighted by molar-refractivity contribution is 7.91. The van der Waals surface area contributed by atoms with E-state index >= 15 is 0 Å². The summed E-state index contributed by atoms with van der Waals surface area (Å²) in [6, 6.07) is 3.78. The zero-order chi connectivity index (χ0) is 14.9. The first-order chi connectivity index (χ1) is 9.29. The van der Waals surface area contributed by atoms with E-state index in [1.54, 1.807) is 0 Å². The van der Waals surface area contributed by atoms with Crippen LogP contribution in [-0.2, 0) is 20.6 Å². The standard InChI is InChI=1S/C13H18FNO3S2/c1-20(17,18)11-4-2-3-10(8-11)19(16)13-7-9(14)5-6-12(13)15/h5-7,10-11H,2-4,8,15H2,1H3. The third-order valence-corrected chi connectivity index (χ3v) is 7.14. The predicted molar refractivity (Wildman–Crippen MR) is 78.1 cm³/mol. The number of sulfone groups is 1. The van der Waals surface area contributed by atoms with Crippen molar-refractivity contribution in [3.63, 3.8) is 0 Å². The van der Waals surface area contributed by atoms with Gasteiger partial charge in [-0.15, -0.1) is 0 Å². The number of hydrogen-bond donors (Lipinski definition) is 1. The second kappa shape index (κ2) is 5.81. The van der Waals surface area contributed by atoms with E-state index in [4.69, 9.17) is 5.73 Å². The summed E-state index contributed by atoms with van der Waals surface area (Å²) >= 11 is 0. The lowest BCUT2D eigenvalue weighted by atomic mass is 10.00. The Balaban J connectivity index is 2.23. The minimum absolute atomic E-state index is 0.268. The van der Waals surface area contributed by atoms with Crippen molar-refractivity contribution in [1.29, 1.82) is 0 Å². The fourth-order valence-corrected chi connectivity index (χ4v) is 5.52. The first kappa shape index (κ1) is 15.4. The maximum absolute atomic E-state index is 13.3. The van der Waals surface area contributed by atoms with Gasteiger partial charge >= 0.3 is 0 Å². The second-order valence-electron chi connectivity index (χ2n) is 5.22. The fraction of sp³-hybridized carbons (Fsp3) is 0.538. The largest absolute Gasteiger partial charge is 0.398 e. The maximum atomic E-state index is 13.3. The van der Waals surface area contributed by atoms with Crippen LogP contribution >= 0.6 is 0 Å². The summed E-state index contributed by atoms with van der Waals surface area (Å²) < 4.78 is 49.0. The highest BCUT2D eigenvalue weighted by Crippen LogP contribution is 2.31. The van der Waals surface area contributed by atoms with Crippen LogP contribution in [0.4, 0.5) is 10.1 Å². The molecule has 1 aliphatic carbocycles. The first-order valence-corrected chi connectivity index (χ1v) is 9.60. The lowest BCUT2D eigenvalue weighted by Gasteiger charge is -2.27. The van der Waals surface area contributed by atoms with Gasteiger partial charge in [0.1, 0.15) is 15.7 Å². The van der Waals surface area contributed by atoms with Gasteiger partial charge in [0.05, 0.1) is 20.9 Å². The number of hydrogen-bond acceptors (Lipinski definition) is 4. The monoisotopic (exact) mass is 319 g/mol. The quantitative estimate of drug-likeness (QED) is 0.863. The van der Waals surface area contributed by atoms with E-state index in [2.05, 4.69) is 0 Å². The molecule has 112 valence electrons. The van der Waals surface area contributed by atoms with Crippen molar-refractivity contribution in [3.8, 4) is 0 Å². The Kier molecular flexibility index (Phi) is 4.49. The third kappa shape index (κ3) is 3.38. The first-order valence-electron chi connectivity index (χ1n) is 6.43. The normalized spacial score (nSPS) is 25.3. The van der Waals surface area contributed by atoms with E-state index in [0.29, 0.717) is 25.7 Å². The lowest BCUT2D eigenvalue weighted by Crippen LogP contribution is -2.32. The van der Waals surface area contributed by atoms with Crippen molar-refractivity contribution >= 4 is 26.3 Å². The number of rotatable bonds is 3. The molecule has 2 N–H and O–H groups in total. The summed E-state index contributed by atoms with van der Waals surface area (Å²) in [5.74, 6) is -0.488. The summed E-state index contributed by atoms with van der Waals surface area (Å²) in [7, 11) is -4.61. The summed E-state index contributed by atoms with van der Waals surface area (Å²) in [6.45, 7) is 0. The Morgan fingerprint density at radius 1 is 1.35 bits per heavy atom. The molecule has 0 amide bonds. The van der Waals surface area contributed by atoms with Crippen molar-refractivity contribution in [2.75, 3.05) is 12.0 Å². The van der Waals surface area contributed by atoms with Crippen molar-refractivity contribution in [2.45, 2.75) is 41.1 Å². The van der Waals surface area contributed by atoms with Crippen LogP contribution in [0.1, 0.15) is 25.7 Å². The minimum Gasteiger partial charge on any atom is -0.398 e. The van der Waals surface area contributed by atoms with Gasteiger partial charge in [0, 0.05) is 17.2 Å². The Morgan fingerprint density at radius 2 is 2.05 bits per heavy atom. The molecule has 0 aromatic heterocycles. The van der Waals surface area contributed by atoms with E-state index in [1.165, 1.54) is 24.5 Å². The van der Waals surface area contributed by atoms with Gasteiger partial charge in [0.25, 0.3) is 0 Å². The van der Waals surface area contributed by atoms with Crippen LogP contribution < -0.4 is 5.73 Å². The van der Waals surface area contributed by atoms with Crippen LogP contribution in [0.5, 0.6) is 0 Å². The molecule has 20 heavy (non-hydrogen) atoms. The predicted octanol–water partition coefficient (Wildman–Crippen LogP) is 1.87. The molecule has 7 heteroatoms. The summed E-state index contributed by atoms with van der Waals surface area (Å²) in [5.41, 5.74) is 6.02. The highest BCUT2D eigenvalue weighted by atomic mass is 32.2. The summed E-state index contributed by atoms with van der Waals surface area (Å²) in [4.78, 5) is 0.268. The molecule has 0 saturated heterocycles. The number of nitrogens with two attached hydrogens (primary N) is 1. The molecular formula is C13H18FNO3S2. The average molecular weight is 319 g/mol. The molecule has 4 nitrogen and oxygen atoms in total. The van der Waals surface area contributed by atoms with E-state index in [9.17, 15) is 17.0 Å². The van der Waals surface area contributed by atoms with E-state index in [0.717, 1.165) is 0 Å². The van der Waals surface area contributed by atoms with Gasteiger partial charge in [-0.3, -0.25) is 4.21 Å². The van der Waals surface area contributed by atoms with Crippen LogP contribution in [0.15, 0.2) is 23.1 Å². The van der Waals surface area contributed by atoms with Crippen LogP contribution in [0, 0.1) is 5.82 Å².